The third-order valence-electron chi connectivity index (χ3n) is 4.00. The van der Waals surface area contributed by atoms with E-state index in [4.69, 9.17) is 4.74 Å². The van der Waals surface area contributed by atoms with Crippen molar-refractivity contribution in [2.75, 3.05) is 0 Å². The van der Waals surface area contributed by atoms with Crippen LogP contribution in [0.25, 0.3) is 0 Å². The van der Waals surface area contributed by atoms with Crippen molar-refractivity contribution in [1.29, 1.82) is 0 Å². The highest BCUT2D eigenvalue weighted by molar-refractivity contribution is 6.24. The van der Waals surface area contributed by atoms with Gasteiger partial charge in [0.15, 0.2) is 0 Å². The van der Waals surface area contributed by atoms with Gasteiger partial charge in [0.05, 0.1) is 0 Å². The van der Waals surface area contributed by atoms with Crippen LogP contribution in [-0.2, 0) is 19.9 Å². The first-order chi connectivity index (χ1) is 13.3. The van der Waals surface area contributed by atoms with Crippen molar-refractivity contribution in [3.63, 3.8) is 0 Å². The standard InChI is InChI=1S/C19H15N3O6/c1-11(23)28-14-9-5-6-12(10-14)15(24)22-19(13-7-3-2-4-8-13)16(25)20-18(27)21-17(19)26/h2-10H,1H3,(H,22,24)(H2,20,21,25,26,27). The number of benzene rings is 2. The maximum Gasteiger partial charge on any atom is 0.328 e. The number of urea groups is 1. The molecule has 1 heterocycles. The predicted octanol–water partition coefficient (Wildman–Crippen LogP) is 0.603. The lowest BCUT2D eigenvalue weighted by atomic mass is 9.86. The number of amides is 5. The molecular weight excluding hydrogens is 366 g/mol. The number of esters is 1. The SMILES string of the molecule is CC(=O)Oc1cccc(C(=O)NC2(c3ccccc3)C(=O)NC(=O)NC2=O)c1. The number of barbiturate groups is 1. The Morgan fingerprint density at radius 3 is 2.18 bits per heavy atom. The Morgan fingerprint density at radius 1 is 0.929 bits per heavy atom. The quantitative estimate of drug-likeness (QED) is 0.404. The summed E-state index contributed by atoms with van der Waals surface area (Å²) in [5, 5.41) is 6.41. The van der Waals surface area contributed by atoms with E-state index in [0.717, 1.165) is 0 Å². The minimum atomic E-state index is -2.15. The van der Waals surface area contributed by atoms with Gasteiger partial charge in [-0.1, -0.05) is 36.4 Å². The summed E-state index contributed by atoms with van der Waals surface area (Å²) in [5.74, 6) is -3.20. The summed E-state index contributed by atoms with van der Waals surface area (Å²) >= 11 is 0. The Morgan fingerprint density at radius 2 is 1.57 bits per heavy atom. The number of nitrogens with one attached hydrogen (secondary N) is 3. The Bertz CT molecular complexity index is 966. The van der Waals surface area contributed by atoms with Gasteiger partial charge in [-0.05, 0) is 23.8 Å². The molecule has 0 unspecified atom stereocenters. The summed E-state index contributed by atoms with van der Waals surface area (Å²) in [7, 11) is 0. The number of rotatable bonds is 4. The fraction of sp³-hybridized carbons (Fsp3) is 0.105. The molecule has 1 aliphatic heterocycles. The Kier molecular flexibility index (Phi) is 4.90. The molecule has 0 atom stereocenters. The minimum absolute atomic E-state index is 0.0477. The molecule has 0 aliphatic carbocycles. The summed E-state index contributed by atoms with van der Waals surface area (Å²) in [6, 6.07) is 12.5. The molecule has 2 aromatic rings. The van der Waals surface area contributed by atoms with Gasteiger partial charge < -0.3 is 10.1 Å². The summed E-state index contributed by atoms with van der Waals surface area (Å²) in [4.78, 5) is 60.7. The summed E-state index contributed by atoms with van der Waals surface area (Å²) in [6.45, 7) is 1.21. The molecule has 9 heteroatoms. The van der Waals surface area contributed by atoms with E-state index >= 15 is 0 Å². The van der Waals surface area contributed by atoms with Gasteiger partial charge in [0.1, 0.15) is 5.75 Å². The van der Waals surface area contributed by atoms with Crippen molar-refractivity contribution in [3.8, 4) is 5.75 Å². The van der Waals surface area contributed by atoms with Crippen molar-refractivity contribution >= 4 is 29.7 Å². The van der Waals surface area contributed by atoms with Gasteiger partial charge in [0.2, 0.25) is 5.54 Å². The Balaban J connectivity index is 2.00. The number of hydrogen-bond donors (Lipinski definition) is 3. The second-order valence-electron chi connectivity index (χ2n) is 5.93. The number of hydrogen-bond acceptors (Lipinski definition) is 6. The summed E-state index contributed by atoms with van der Waals surface area (Å²) < 4.78 is 4.94. The van der Waals surface area contributed by atoms with Gasteiger partial charge in [-0.2, -0.15) is 0 Å². The van der Waals surface area contributed by atoms with Gasteiger partial charge in [-0.3, -0.25) is 29.8 Å². The van der Waals surface area contributed by atoms with Crippen LogP contribution in [0, 0.1) is 0 Å². The molecule has 0 saturated carbocycles. The van der Waals surface area contributed by atoms with E-state index in [0.29, 0.717) is 0 Å². The van der Waals surface area contributed by atoms with Crippen molar-refractivity contribution in [1.82, 2.24) is 16.0 Å². The van der Waals surface area contributed by atoms with Crippen molar-refractivity contribution in [2.24, 2.45) is 0 Å². The smallest absolute Gasteiger partial charge is 0.328 e. The van der Waals surface area contributed by atoms with E-state index in [-0.39, 0.29) is 16.9 Å². The zero-order chi connectivity index (χ0) is 20.3. The lowest BCUT2D eigenvalue weighted by Gasteiger charge is -2.34. The first-order valence-corrected chi connectivity index (χ1v) is 8.16. The summed E-state index contributed by atoms with van der Waals surface area (Å²) in [5.41, 5.74) is -1.93. The maximum absolute atomic E-state index is 12.8. The molecule has 2 aromatic carbocycles. The van der Waals surface area contributed by atoms with E-state index in [9.17, 15) is 24.0 Å². The van der Waals surface area contributed by atoms with Gasteiger partial charge in [-0.25, -0.2) is 4.79 Å². The Labute approximate surface area is 159 Å². The molecule has 1 saturated heterocycles. The molecule has 142 valence electrons. The minimum Gasteiger partial charge on any atom is -0.427 e. The van der Waals surface area contributed by atoms with Crippen LogP contribution in [0.1, 0.15) is 22.8 Å². The highest BCUT2D eigenvalue weighted by atomic mass is 16.5. The number of carbonyl (C=O) groups excluding carboxylic acids is 5. The highest BCUT2D eigenvalue weighted by Gasteiger charge is 2.53. The van der Waals surface area contributed by atoms with Gasteiger partial charge >= 0.3 is 12.0 Å². The maximum atomic E-state index is 12.8. The molecule has 0 radical (unpaired) electrons. The first kappa shape index (κ1) is 18.8. The van der Waals surface area contributed by atoms with Crippen LogP contribution in [-0.4, -0.2) is 29.7 Å². The lowest BCUT2D eigenvalue weighted by molar-refractivity contribution is -0.140. The molecule has 28 heavy (non-hydrogen) atoms. The lowest BCUT2D eigenvalue weighted by Crippen LogP contribution is -2.71. The molecule has 0 spiro atoms. The number of carbonyl (C=O) groups is 5. The van der Waals surface area contributed by atoms with E-state index in [1.807, 2.05) is 10.6 Å². The van der Waals surface area contributed by atoms with Crippen molar-refractivity contribution in [3.05, 3.63) is 65.7 Å². The molecule has 9 nitrogen and oxygen atoms in total. The van der Waals surface area contributed by atoms with Gasteiger partial charge in [-0.15, -0.1) is 0 Å². The molecule has 1 aliphatic rings. The fourth-order valence-corrected chi connectivity index (χ4v) is 2.77. The van der Waals surface area contributed by atoms with Crippen LogP contribution in [0.2, 0.25) is 0 Å². The molecule has 3 N–H and O–H groups in total. The second kappa shape index (κ2) is 7.31. The zero-order valence-corrected chi connectivity index (χ0v) is 14.6. The molecule has 1 fully saturated rings. The topological polar surface area (TPSA) is 131 Å². The first-order valence-electron chi connectivity index (χ1n) is 8.16. The molecule has 0 bridgehead atoms. The largest absolute Gasteiger partial charge is 0.427 e. The average molecular weight is 381 g/mol. The van der Waals surface area contributed by atoms with Gasteiger partial charge in [0, 0.05) is 12.5 Å². The van der Waals surface area contributed by atoms with Crippen LogP contribution >= 0.6 is 0 Å². The predicted molar refractivity (Wildman–Crippen MR) is 95.0 cm³/mol. The monoisotopic (exact) mass is 381 g/mol. The van der Waals surface area contributed by atoms with E-state index in [1.54, 1.807) is 18.2 Å². The summed E-state index contributed by atoms with van der Waals surface area (Å²) in [6.07, 6.45) is 0. The molecule has 0 aromatic heterocycles. The number of imide groups is 2. The molecular formula is C19H15N3O6. The van der Waals surface area contributed by atoms with E-state index in [2.05, 4.69) is 5.32 Å². The van der Waals surface area contributed by atoms with Crippen LogP contribution in [0.3, 0.4) is 0 Å². The van der Waals surface area contributed by atoms with E-state index < -0.39 is 35.3 Å². The number of ether oxygens (including phenoxy) is 1. The average Bonchev–Trinajstić information content (AvgIpc) is 2.65. The highest BCUT2D eigenvalue weighted by Crippen LogP contribution is 2.25. The van der Waals surface area contributed by atoms with Crippen molar-refractivity contribution < 1.29 is 28.7 Å². The normalized spacial score (nSPS) is 15.2. The zero-order valence-electron chi connectivity index (χ0n) is 14.6. The fourth-order valence-electron chi connectivity index (χ4n) is 2.77. The second-order valence-corrected chi connectivity index (χ2v) is 5.93. The third kappa shape index (κ3) is 3.45. The van der Waals surface area contributed by atoms with Gasteiger partial charge in [0.25, 0.3) is 17.7 Å². The Hall–Kier alpha value is -4.01. The van der Waals surface area contributed by atoms with Crippen LogP contribution in [0.15, 0.2) is 54.6 Å². The van der Waals surface area contributed by atoms with Crippen LogP contribution in [0.5, 0.6) is 5.75 Å². The van der Waals surface area contributed by atoms with Crippen molar-refractivity contribution in [2.45, 2.75) is 12.5 Å². The molecule has 3 rings (SSSR count). The van der Waals surface area contributed by atoms with E-state index in [1.165, 1.54) is 43.3 Å². The van der Waals surface area contributed by atoms with Crippen LogP contribution < -0.4 is 20.7 Å². The third-order valence-corrected chi connectivity index (χ3v) is 4.00. The molecule has 5 amide bonds. The van der Waals surface area contributed by atoms with Crippen LogP contribution in [0.4, 0.5) is 4.79 Å².